The minimum absolute atomic E-state index is 0.358. The molecule has 0 amide bonds. The first-order chi connectivity index (χ1) is 4.33. The highest BCUT2D eigenvalue weighted by atomic mass is 127. The Bertz CT molecular complexity index is 85.1. The summed E-state index contributed by atoms with van der Waals surface area (Å²) in [5, 5.41) is 0. The van der Waals surface area contributed by atoms with E-state index in [1.54, 1.807) is 7.11 Å². The molecular formula is C6H11IO2. The van der Waals surface area contributed by atoms with Crippen LogP contribution in [0.5, 0.6) is 0 Å². The zero-order chi connectivity index (χ0) is 6.69. The molecule has 0 bridgehead atoms. The topological polar surface area (TPSA) is 18.5 Å². The van der Waals surface area contributed by atoms with E-state index in [4.69, 9.17) is 9.47 Å². The molecule has 0 aliphatic carbocycles. The molecule has 3 heteroatoms. The minimum Gasteiger partial charge on any atom is -0.382 e. The Labute approximate surface area is 69.0 Å². The van der Waals surface area contributed by atoms with E-state index in [2.05, 4.69) is 22.6 Å². The Morgan fingerprint density at radius 3 is 3.00 bits per heavy atom. The molecule has 0 radical (unpaired) electrons. The lowest BCUT2D eigenvalue weighted by Gasteiger charge is -2.05. The van der Waals surface area contributed by atoms with Crippen LogP contribution in [0.4, 0.5) is 0 Å². The van der Waals surface area contributed by atoms with Crippen LogP contribution in [0, 0.1) is 0 Å². The molecule has 1 fully saturated rings. The van der Waals surface area contributed by atoms with E-state index >= 15 is 0 Å². The molecular weight excluding hydrogens is 231 g/mol. The lowest BCUT2D eigenvalue weighted by Crippen LogP contribution is -2.12. The quantitative estimate of drug-likeness (QED) is 0.535. The highest BCUT2D eigenvalue weighted by Crippen LogP contribution is 2.19. The lowest BCUT2D eigenvalue weighted by molar-refractivity contribution is 0.0382. The molecule has 1 rings (SSSR count). The summed E-state index contributed by atoms with van der Waals surface area (Å²) >= 11 is 2.41. The average Bonchev–Trinajstić information content (AvgIpc) is 2.17. The van der Waals surface area contributed by atoms with Gasteiger partial charge in [-0.25, -0.2) is 0 Å². The van der Waals surface area contributed by atoms with Crippen molar-refractivity contribution in [3.63, 3.8) is 0 Å². The average molecular weight is 242 g/mol. The van der Waals surface area contributed by atoms with Crippen molar-refractivity contribution in [1.82, 2.24) is 0 Å². The molecule has 2 atom stereocenters. The predicted molar refractivity (Wildman–Crippen MR) is 44.0 cm³/mol. The van der Waals surface area contributed by atoms with Gasteiger partial charge in [-0.05, 0) is 6.42 Å². The van der Waals surface area contributed by atoms with Crippen molar-refractivity contribution in [1.29, 1.82) is 0 Å². The maximum absolute atomic E-state index is 5.37. The summed E-state index contributed by atoms with van der Waals surface area (Å²) in [5.74, 6) is 0. The molecule has 1 saturated heterocycles. The first kappa shape index (κ1) is 7.75. The summed E-state index contributed by atoms with van der Waals surface area (Å²) < 4.78 is 11.0. The van der Waals surface area contributed by atoms with Crippen molar-refractivity contribution in [3.05, 3.63) is 0 Å². The van der Waals surface area contributed by atoms with Crippen molar-refractivity contribution >= 4 is 22.6 Å². The van der Waals surface area contributed by atoms with Gasteiger partial charge in [0, 0.05) is 11.0 Å². The smallest absolute Gasteiger partial charge is 0.0819 e. The molecule has 0 spiro atoms. The van der Waals surface area contributed by atoms with Gasteiger partial charge in [-0.2, -0.15) is 0 Å². The second-order valence-electron chi connectivity index (χ2n) is 2.24. The molecule has 0 unspecified atom stereocenters. The summed E-state index contributed by atoms with van der Waals surface area (Å²) in [6.07, 6.45) is 1.51. The normalized spacial score (nSPS) is 35.3. The van der Waals surface area contributed by atoms with Gasteiger partial charge in [0.05, 0.1) is 19.3 Å². The fourth-order valence-corrected chi connectivity index (χ4v) is 1.74. The number of ether oxygens (including phenoxy) is 2. The van der Waals surface area contributed by atoms with Gasteiger partial charge < -0.3 is 9.47 Å². The minimum atomic E-state index is 0.358. The first-order valence-corrected chi connectivity index (χ1v) is 4.32. The molecule has 1 heterocycles. The number of hydrogen-bond donors (Lipinski definition) is 0. The fraction of sp³-hybridized carbons (Fsp3) is 1.00. The van der Waals surface area contributed by atoms with Gasteiger partial charge in [-0.15, -0.1) is 0 Å². The zero-order valence-electron chi connectivity index (χ0n) is 5.47. The number of alkyl halides is 1. The Balaban J connectivity index is 2.14. The number of hydrogen-bond acceptors (Lipinski definition) is 2. The van der Waals surface area contributed by atoms with E-state index in [0.29, 0.717) is 10.0 Å². The SMILES string of the molecule is COC[C@@H]1C[C@H](I)CO1. The lowest BCUT2D eigenvalue weighted by atomic mass is 10.2. The maximum Gasteiger partial charge on any atom is 0.0819 e. The summed E-state index contributed by atoms with van der Waals surface area (Å²) in [6, 6.07) is 0. The number of halogens is 1. The Morgan fingerprint density at radius 2 is 2.56 bits per heavy atom. The van der Waals surface area contributed by atoms with E-state index in [0.717, 1.165) is 19.6 Å². The zero-order valence-corrected chi connectivity index (χ0v) is 7.63. The maximum atomic E-state index is 5.37. The Kier molecular flexibility index (Phi) is 3.21. The Hall–Kier alpha value is 0.650. The fourth-order valence-electron chi connectivity index (χ4n) is 0.964. The monoisotopic (exact) mass is 242 g/mol. The van der Waals surface area contributed by atoms with E-state index < -0.39 is 0 Å². The van der Waals surface area contributed by atoms with Crippen LogP contribution < -0.4 is 0 Å². The van der Waals surface area contributed by atoms with Crippen molar-refractivity contribution in [2.45, 2.75) is 16.4 Å². The Morgan fingerprint density at radius 1 is 1.78 bits per heavy atom. The molecule has 0 aromatic heterocycles. The van der Waals surface area contributed by atoms with Crippen LogP contribution in [0.3, 0.4) is 0 Å². The second kappa shape index (κ2) is 3.73. The highest BCUT2D eigenvalue weighted by Gasteiger charge is 2.22. The molecule has 2 nitrogen and oxygen atoms in total. The van der Waals surface area contributed by atoms with Gasteiger partial charge in [0.25, 0.3) is 0 Å². The summed E-state index contributed by atoms with van der Waals surface area (Å²) in [7, 11) is 1.71. The van der Waals surface area contributed by atoms with E-state index in [1.165, 1.54) is 0 Å². The number of rotatable bonds is 2. The van der Waals surface area contributed by atoms with Crippen molar-refractivity contribution in [3.8, 4) is 0 Å². The standard InChI is InChI=1S/C6H11IO2/c1-8-4-6-2-5(7)3-9-6/h5-6H,2-4H2,1H3/t5-,6-/m0/s1. The van der Waals surface area contributed by atoms with Gasteiger partial charge in [-0.3, -0.25) is 0 Å². The molecule has 9 heavy (non-hydrogen) atoms. The molecule has 0 N–H and O–H groups in total. The third kappa shape index (κ3) is 2.39. The molecule has 0 aromatic carbocycles. The van der Waals surface area contributed by atoms with Gasteiger partial charge in [0.2, 0.25) is 0 Å². The third-order valence-electron chi connectivity index (χ3n) is 1.38. The molecule has 0 aromatic rings. The van der Waals surface area contributed by atoms with E-state index in [-0.39, 0.29) is 0 Å². The molecule has 1 aliphatic rings. The van der Waals surface area contributed by atoms with Crippen LogP contribution in [-0.2, 0) is 9.47 Å². The summed E-state index contributed by atoms with van der Waals surface area (Å²) in [5.41, 5.74) is 0. The van der Waals surface area contributed by atoms with Gasteiger partial charge >= 0.3 is 0 Å². The predicted octanol–water partition coefficient (Wildman–Crippen LogP) is 1.23. The summed E-state index contributed by atoms with van der Waals surface area (Å²) in [4.78, 5) is 0. The van der Waals surface area contributed by atoms with Crippen LogP contribution in [0.15, 0.2) is 0 Å². The molecule has 0 saturated carbocycles. The van der Waals surface area contributed by atoms with E-state index in [1.807, 2.05) is 0 Å². The second-order valence-corrected chi connectivity index (χ2v) is 4.01. The van der Waals surface area contributed by atoms with Crippen molar-refractivity contribution in [2.24, 2.45) is 0 Å². The van der Waals surface area contributed by atoms with Crippen LogP contribution in [0.25, 0.3) is 0 Å². The largest absolute Gasteiger partial charge is 0.382 e. The van der Waals surface area contributed by atoms with Gasteiger partial charge in [-0.1, -0.05) is 22.6 Å². The first-order valence-electron chi connectivity index (χ1n) is 3.07. The van der Waals surface area contributed by atoms with Gasteiger partial charge in [0.15, 0.2) is 0 Å². The highest BCUT2D eigenvalue weighted by molar-refractivity contribution is 14.1. The third-order valence-corrected chi connectivity index (χ3v) is 2.25. The number of methoxy groups -OCH3 is 1. The van der Waals surface area contributed by atoms with Crippen LogP contribution >= 0.6 is 22.6 Å². The van der Waals surface area contributed by atoms with Crippen LogP contribution in [0.2, 0.25) is 0 Å². The van der Waals surface area contributed by atoms with E-state index in [9.17, 15) is 0 Å². The molecule has 1 aliphatic heterocycles. The van der Waals surface area contributed by atoms with Crippen molar-refractivity contribution in [2.75, 3.05) is 20.3 Å². The van der Waals surface area contributed by atoms with Crippen LogP contribution in [0.1, 0.15) is 6.42 Å². The molecule has 54 valence electrons. The summed E-state index contributed by atoms with van der Waals surface area (Å²) in [6.45, 7) is 1.65. The van der Waals surface area contributed by atoms with Crippen molar-refractivity contribution < 1.29 is 9.47 Å². The van der Waals surface area contributed by atoms with Crippen LogP contribution in [-0.4, -0.2) is 30.4 Å². The van der Waals surface area contributed by atoms with Gasteiger partial charge in [0.1, 0.15) is 0 Å².